The van der Waals surface area contributed by atoms with E-state index in [2.05, 4.69) is 4.74 Å². The third kappa shape index (κ3) is 2.27. The second-order valence-corrected chi connectivity index (χ2v) is 2.35. The van der Waals surface area contributed by atoms with Crippen molar-refractivity contribution in [2.75, 3.05) is 0 Å². The fourth-order valence-electron chi connectivity index (χ4n) is 0.816. The SMILES string of the molecule is CC(=O)Oc1ccc(C#N)c(F)c1. The number of halogens is 1. The van der Waals surface area contributed by atoms with Crippen LogP contribution >= 0.6 is 0 Å². The van der Waals surface area contributed by atoms with Crippen LogP contribution in [0, 0.1) is 17.1 Å². The van der Waals surface area contributed by atoms with Crippen molar-refractivity contribution in [1.29, 1.82) is 5.26 Å². The van der Waals surface area contributed by atoms with E-state index >= 15 is 0 Å². The zero-order valence-corrected chi connectivity index (χ0v) is 6.87. The van der Waals surface area contributed by atoms with Crippen molar-refractivity contribution >= 4 is 5.97 Å². The third-order valence-electron chi connectivity index (χ3n) is 1.32. The summed E-state index contributed by atoms with van der Waals surface area (Å²) in [6.45, 7) is 1.22. The molecule has 0 atom stereocenters. The molecule has 1 aromatic carbocycles. The Hall–Kier alpha value is -1.89. The van der Waals surface area contributed by atoms with Crippen molar-refractivity contribution in [1.82, 2.24) is 0 Å². The average molecular weight is 179 g/mol. The first-order chi connectivity index (χ1) is 6.13. The smallest absolute Gasteiger partial charge is 0.308 e. The predicted octanol–water partition coefficient (Wildman–Crippen LogP) is 1.62. The summed E-state index contributed by atoms with van der Waals surface area (Å²) in [5.41, 5.74) is -0.0732. The lowest BCUT2D eigenvalue weighted by Gasteiger charge is -2.00. The molecular weight excluding hydrogens is 173 g/mol. The van der Waals surface area contributed by atoms with Gasteiger partial charge >= 0.3 is 5.97 Å². The summed E-state index contributed by atoms with van der Waals surface area (Å²) in [6.07, 6.45) is 0. The summed E-state index contributed by atoms with van der Waals surface area (Å²) in [6, 6.07) is 5.28. The zero-order valence-electron chi connectivity index (χ0n) is 6.87. The number of carbonyl (C=O) groups is 1. The first kappa shape index (κ1) is 9.20. The van der Waals surface area contributed by atoms with Gasteiger partial charge in [0, 0.05) is 13.0 Å². The molecule has 0 bridgehead atoms. The van der Waals surface area contributed by atoms with E-state index in [0.717, 1.165) is 6.07 Å². The number of ether oxygens (including phenoxy) is 1. The highest BCUT2D eigenvalue weighted by Gasteiger charge is 2.04. The summed E-state index contributed by atoms with van der Waals surface area (Å²) in [5.74, 6) is -1.12. The molecule has 1 aromatic rings. The van der Waals surface area contributed by atoms with Gasteiger partial charge in [0.05, 0.1) is 5.56 Å². The topological polar surface area (TPSA) is 50.1 Å². The van der Waals surface area contributed by atoms with E-state index in [1.807, 2.05) is 0 Å². The highest BCUT2D eigenvalue weighted by molar-refractivity contribution is 5.69. The van der Waals surface area contributed by atoms with Crippen LogP contribution in [0.15, 0.2) is 18.2 Å². The number of nitriles is 1. The van der Waals surface area contributed by atoms with Crippen molar-refractivity contribution in [2.45, 2.75) is 6.92 Å². The number of hydrogen-bond acceptors (Lipinski definition) is 3. The standard InChI is InChI=1S/C9H6FNO2/c1-6(12)13-8-3-2-7(5-11)9(10)4-8/h2-4H,1H3. The Kier molecular flexibility index (Phi) is 2.60. The maximum atomic E-state index is 12.9. The monoisotopic (exact) mass is 179 g/mol. The normalized spacial score (nSPS) is 9.00. The van der Waals surface area contributed by atoms with E-state index < -0.39 is 11.8 Å². The molecule has 3 nitrogen and oxygen atoms in total. The minimum Gasteiger partial charge on any atom is -0.427 e. The van der Waals surface area contributed by atoms with E-state index in [1.54, 1.807) is 6.07 Å². The molecule has 0 aliphatic heterocycles. The summed E-state index contributed by atoms with van der Waals surface area (Å²) in [4.78, 5) is 10.5. The first-order valence-electron chi connectivity index (χ1n) is 3.51. The molecular formula is C9H6FNO2. The summed E-state index contributed by atoms with van der Waals surface area (Å²) in [7, 11) is 0. The first-order valence-corrected chi connectivity index (χ1v) is 3.51. The summed E-state index contributed by atoms with van der Waals surface area (Å²) < 4.78 is 17.5. The lowest BCUT2D eigenvalue weighted by atomic mass is 10.2. The van der Waals surface area contributed by atoms with Gasteiger partial charge in [0.25, 0.3) is 0 Å². The van der Waals surface area contributed by atoms with E-state index in [1.165, 1.54) is 19.1 Å². The van der Waals surface area contributed by atoms with Crippen LogP contribution in [-0.2, 0) is 4.79 Å². The molecule has 1 rings (SSSR count). The molecule has 0 aliphatic rings. The molecule has 0 saturated carbocycles. The Bertz CT molecular complexity index is 382. The number of carbonyl (C=O) groups excluding carboxylic acids is 1. The molecule has 4 heteroatoms. The van der Waals surface area contributed by atoms with E-state index in [9.17, 15) is 9.18 Å². The lowest BCUT2D eigenvalue weighted by Crippen LogP contribution is -2.01. The van der Waals surface area contributed by atoms with Crippen LogP contribution in [0.4, 0.5) is 4.39 Å². The average Bonchev–Trinajstić information content (AvgIpc) is 2.03. The molecule has 0 aliphatic carbocycles. The molecule has 0 amide bonds. The molecule has 0 heterocycles. The van der Waals surface area contributed by atoms with Crippen molar-refractivity contribution in [3.05, 3.63) is 29.6 Å². The molecule has 0 spiro atoms. The second-order valence-electron chi connectivity index (χ2n) is 2.35. The lowest BCUT2D eigenvalue weighted by molar-refractivity contribution is -0.131. The van der Waals surface area contributed by atoms with Gasteiger partial charge in [-0.2, -0.15) is 5.26 Å². The largest absolute Gasteiger partial charge is 0.427 e. The highest BCUT2D eigenvalue weighted by atomic mass is 19.1. The number of rotatable bonds is 1. The Morgan fingerprint density at radius 1 is 1.62 bits per heavy atom. The molecule has 13 heavy (non-hydrogen) atoms. The Morgan fingerprint density at radius 3 is 2.77 bits per heavy atom. The Balaban J connectivity index is 2.97. The van der Waals surface area contributed by atoms with Crippen molar-refractivity contribution < 1.29 is 13.9 Å². The number of esters is 1. The fraction of sp³-hybridized carbons (Fsp3) is 0.111. The van der Waals surface area contributed by atoms with Gasteiger partial charge in [-0.05, 0) is 12.1 Å². The van der Waals surface area contributed by atoms with Gasteiger partial charge in [-0.3, -0.25) is 4.79 Å². The van der Waals surface area contributed by atoms with Crippen LogP contribution in [0.25, 0.3) is 0 Å². The van der Waals surface area contributed by atoms with Crippen molar-refractivity contribution in [2.24, 2.45) is 0 Å². The Morgan fingerprint density at radius 2 is 2.31 bits per heavy atom. The molecule has 66 valence electrons. The quantitative estimate of drug-likeness (QED) is 0.486. The predicted molar refractivity (Wildman–Crippen MR) is 42.4 cm³/mol. The zero-order chi connectivity index (χ0) is 9.84. The molecule has 0 fully saturated rings. The second kappa shape index (κ2) is 3.68. The maximum Gasteiger partial charge on any atom is 0.308 e. The highest BCUT2D eigenvalue weighted by Crippen LogP contribution is 2.15. The van der Waals surface area contributed by atoms with Crippen molar-refractivity contribution in [3.63, 3.8) is 0 Å². The molecule has 0 radical (unpaired) electrons. The molecule has 0 N–H and O–H groups in total. The van der Waals surface area contributed by atoms with E-state index in [4.69, 9.17) is 5.26 Å². The summed E-state index contributed by atoms with van der Waals surface area (Å²) >= 11 is 0. The van der Waals surface area contributed by atoms with Crippen LogP contribution in [0.1, 0.15) is 12.5 Å². The Labute approximate surface area is 74.4 Å². The number of benzene rings is 1. The van der Waals surface area contributed by atoms with Gasteiger partial charge in [-0.15, -0.1) is 0 Å². The van der Waals surface area contributed by atoms with E-state index in [-0.39, 0.29) is 11.3 Å². The van der Waals surface area contributed by atoms with Crippen molar-refractivity contribution in [3.8, 4) is 11.8 Å². The van der Waals surface area contributed by atoms with Crippen LogP contribution in [0.3, 0.4) is 0 Å². The van der Waals surface area contributed by atoms with Gasteiger partial charge in [-0.1, -0.05) is 0 Å². The van der Waals surface area contributed by atoms with Crippen LogP contribution in [-0.4, -0.2) is 5.97 Å². The molecule has 0 saturated heterocycles. The van der Waals surface area contributed by atoms with Crippen LogP contribution in [0.2, 0.25) is 0 Å². The minimum absolute atomic E-state index is 0.0732. The molecule has 0 aromatic heterocycles. The fourth-order valence-corrected chi connectivity index (χ4v) is 0.816. The van der Waals surface area contributed by atoms with Gasteiger partial charge in [0.1, 0.15) is 17.6 Å². The third-order valence-corrected chi connectivity index (χ3v) is 1.32. The van der Waals surface area contributed by atoms with Crippen LogP contribution < -0.4 is 4.74 Å². The van der Waals surface area contributed by atoms with Gasteiger partial charge in [0.15, 0.2) is 0 Å². The summed E-state index contributed by atoms with van der Waals surface area (Å²) in [5, 5.41) is 8.39. The molecule has 0 unspecified atom stereocenters. The van der Waals surface area contributed by atoms with E-state index in [0.29, 0.717) is 0 Å². The van der Waals surface area contributed by atoms with Gasteiger partial charge < -0.3 is 4.74 Å². The number of hydrogen-bond donors (Lipinski definition) is 0. The number of nitrogens with zero attached hydrogens (tertiary/aromatic N) is 1. The van der Waals surface area contributed by atoms with Gasteiger partial charge in [-0.25, -0.2) is 4.39 Å². The minimum atomic E-state index is -0.693. The van der Waals surface area contributed by atoms with Gasteiger partial charge in [0.2, 0.25) is 0 Å². The van der Waals surface area contributed by atoms with Crippen LogP contribution in [0.5, 0.6) is 5.75 Å². The maximum absolute atomic E-state index is 12.9.